The van der Waals surface area contributed by atoms with E-state index in [9.17, 15) is 14.3 Å². The molecule has 296 valence electrons. The Balaban J connectivity index is 1.10. The summed E-state index contributed by atoms with van der Waals surface area (Å²) in [6.07, 6.45) is 2.86. The average molecular weight is 767 g/mol. The molecule has 1 unspecified atom stereocenters. The van der Waals surface area contributed by atoms with E-state index in [0.717, 1.165) is 27.7 Å². The lowest BCUT2D eigenvalue weighted by Crippen LogP contribution is -2.46. The molecule has 2 saturated heterocycles. The van der Waals surface area contributed by atoms with Gasteiger partial charge in [0, 0.05) is 32.7 Å². The maximum atomic E-state index is 14.7. The molecule has 1 atom stereocenters. The minimum Gasteiger partial charge on any atom is -0.493 e. The Kier molecular flexibility index (Phi) is 11.4. The van der Waals surface area contributed by atoms with Crippen molar-refractivity contribution in [1.29, 1.82) is 0 Å². The molecular formula is C44H51FN4O7. The van der Waals surface area contributed by atoms with Crippen LogP contribution in [0.4, 0.5) is 4.39 Å². The molecule has 4 aromatic carbocycles. The van der Waals surface area contributed by atoms with Gasteiger partial charge in [0.15, 0.2) is 23.0 Å². The first-order chi connectivity index (χ1) is 27.1. The van der Waals surface area contributed by atoms with E-state index in [1.54, 1.807) is 47.7 Å². The smallest absolute Gasteiger partial charge is 0.229 e. The van der Waals surface area contributed by atoms with Crippen LogP contribution in [-0.2, 0) is 29.9 Å². The third kappa shape index (κ3) is 7.72. The second-order valence-electron chi connectivity index (χ2n) is 14.9. The fourth-order valence-electron chi connectivity index (χ4n) is 8.46. The van der Waals surface area contributed by atoms with Gasteiger partial charge in [-0.3, -0.25) is 4.79 Å². The molecule has 1 aromatic heterocycles. The molecule has 0 saturated carbocycles. The minimum atomic E-state index is -1.15. The number of piperidine rings is 1. The number of methoxy groups -OCH3 is 5. The molecule has 3 heterocycles. The quantitative estimate of drug-likeness (QED) is 0.126. The number of fused-ring (bicyclic) bond motifs is 1. The van der Waals surface area contributed by atoms with E-state index in [1.165, 1.54) is 12.1 Å². The van der Waals surface area contributed by atoms with Crippen LogP contribution in [-0.4, -0.2) is 92.1 Å². The molecule has 2 fully saturated rings. The Hall–Kier alpha value is -5.33. The third-order valence-electron chi connectivity index (χ3n) is 11.6. The molecule has 0 spiro atoms. The zero-order chi connectivity index (χ0) is 39.5. The van der Waals surface area contributed by atoms with E-state index in [0.29, 0.717) is 106 Å². The Bertz CT molecular complexity index is 2140. The van der Waals surface area contributed by atoms with Gasteiger partial charge < -0.3 is 43.2 Å². The van der Waals surface area contributed by atoms with Crippen molar-refractivity contribution in [2.75, 3.05) is 61.7 Å². The molecule has 0 bridgehead atoms. The van der Waals surface area contributed by atoms with Gasteiger partial charge in [-0.25, -0.2) is 9.37 Å². The average Bonchev–Trinajstić information content (AvgIpc) is 3.74. The van der Waals surface area contributed by atoms with Gasteiger partial charge in [-0.2, -0.15) is 0 Å². The number of ether oxygens (including phenoxy) is 5. The van der Waals surface area contributed by atoms with Crippen molar-refractivity contribution >= 4 is 16.9 Å². The van der Waals surface area contributed by atoms with Crippen molar-refractivity contribution in [3.05, 3.63) is 107 Å². The molecule has 11 nitrogen and oxygen atoms in total. The van der Waals surface area contributed by atoms with Gasteiger partial charge in [-0.1, -0.05) is 30.3 Å². The number of aliphatic hydroxyl groups is 1. The number of para-hydroxylation sites is 2. The molecule has 0 radical (unpaired) electrons. The molecule has 1 N–H and O–H groups in total. The van der Waals surface area contributed by atoms with Crippen molar-refractivity contribution in [3.63, 3.8) is 0 Å². The van der Waals surface area contributed by atoms with E-state index in [1.807, 2.05) is 59.5 Å². The number of aromatic nitrogens is 2. The van der Waals surface area contributed by atoms with E-state index in [-0.39, 0.29) is 11.7 Å². The molecular weight excluding hydrogens is 716 g/mol. The van der Waals surface area contributed by atoms with Crippen molar-refractivity contribution in [2.24, 2.45) is 5.41 Å². The Morgan fingerprint density at radius 3 is 2.02 bits per heavy atom. The number of carbonyl (C=O) groups excluding carboxylic acids is 1. The van der Waals surface area contributed by atoms with E-state index in [2.05, 4.69) is 9.47 Å². The number of carbonyl (C=O) groups is 1. The van der Waals surface area contributed by atoms with Crippen LogP contribution >= 0.6 is 0 Å². The molecule has 2 aliphatic heterocycles. The van der Waals surface area contributed by atoms with Gasteiger partial charge in [0.1, 0.15) is 17.2 Å². The third-order valence-corrected chi connectivity index (χ3v) is 11.6. The van der Waals surface area contributed by atoms with E-state index in [4.69, 9.17) is 28.7 Å². The van der Waals surface area contributed by atoms with Crippen LogP contribution in [0.2, 0.25) is 0 Å². The van der Waals surface area contributed by atoms with E-state index < -0.39 is 11.0 Å². The largest absolute Gasteiger partial charge is 0.493 e. The first kappa shape index (κ1) is 38.9. The van der Waals surface area contributed by atoms with Crippen molar-refractivity contribution in [3.8, 4) is 28.7 Å². The number of nitrogens with zero attached hydrogens (tertiary/aromatic N) is 4. The SMILES string of the molecule is COc1ccc(CC2(CCN3CCC(O)(c4nc5ccccc5n4Cc4ccc(F)cc4)CC3)CCN(Cc3cc(OC)c(OC)c(OC)c3)C2=O)cc1OC. The van der Waals surface area contributed by atoms with Crippen LogP contribution in [0, 0.1) is 11.2 Å². The Labute approximate surface area is 327 Å². The molecule has 1 amide bonds. The molecule has 2 aliphatic rings. The fraction of sp³-hybridized carbons (Fsp3) is 0.409. The number of rotatable bonds is 15. The summed E-state index contributed by atoms with van der Waals surface area (Å²) in [6, 6.07) is 24.0. The maximum absolute atomic E-state index is 14.7. The monoisotopic (exact) mass is 766 g/mol. The highest BCUT2D eigenvalue weighted by Gasteiger charge is 2.47. The van der Waals surface area contributed by atoms with Gasteiger partial charge in [-0.15, -0.1) is 0 Å². The van der Waals surface area contributed by atoms with Gasteiger partial charge in [-0.05, 0) is 104 Å². The number of benzene rings is 4. The van der Waals surface area contributed by atoms with Crippen LogP contribution in [0.1, 0.15) is 48.2 Å². The predicted octanol–water partition coefficient (Wildman–Crippen LogP) is 6.60. The summed E-state index contributed by atoms with van der Waals surface area (Å²) in [5, 5.41) is 12.2. The van der Waals surface area contributed by atoms with E-state index >= 15 is 0 Å². The highest BCUT2D eigenvalue weighted by Crippen LogP contribution is 2.44. The first-order valence-corrected chi connectivity index (χ1v) is 19.1. The van der Waals surface area contributed by atoms with Gasteiger partial charge >= 0.3 is 0 Å². The molecule has 56 heavy (non-hydrogen) atoms. The van der Waals surface area contributed by atoms with Crippen LogP contribution in [0.15, 0.2) is 78.9 Å². The summed E-state index contributed by atoms with van der Waals surface area (Å²) in [6.45, 7) is 3.46. The topological polar surface area (TPSA) is 108 Å². The van der Waals surface area contributed by atoms with Crippen LogP contribution in [0.3, 0.4) is 0 Å². The molecule has 7 rings (SSSR count). The van der Waals surface area contributed by atoms with Crippen LogP contribution < -0.4 is 23.7 Å². The second-order valence-corrected chi connectivity index (χ2v) is 14.9. The summed E-state index contributed by atoms with van der Waals surface area (Å²) >= 11 is 0. The molecule has 12 heteroatoms. The number of likely N-dealkylation sites (tertiary alicyclic amines) is 2. The van der Waals surface area contributed by atoms with Gasteiger partial charge in [0.25, 0.3) is 0 Å². The summed E-state index contributed by atoms with van der Waals surface area (Å²) < 4.78 is 43.7. The number of hydrogen-bond acceptors (Lipinski definition) is 9. The lowest BCUT2D eigenvalue weighted by molar-refractivity contribution is -0.137. The van der Waals surface area contributed by atoms with Crippen LogP contribution in [0.5, 0.6) is 28.7 Å². The zero-order valence-corrected chi connectivity index (χ0v) is 32.8. The predicted molar refractivity (Wildman–Crippen MR) is 211 cm³/mol. The van der Waals surface area contributed by atoms with Gasteiger partial charge in [0.05, 0.1) is 52.0 Å². The van der Waals surface area contributed by atoms with Crippen molar-refractivity contribution in [1.82, 2.24) is 19.4 Å². The summed E-state index contributed by atoms with van der Waals surface area (Å²) in [7, 11) is 7.97. The maximum Gasteiger partial charge on any atom is 0.229 e. The first-order valence-electron chi connectivity index (χ1n) is 19.1. The van der Waals surface area contributed by atoms with Crippen LogP contribution in [0.25, 0.3) is 11.0 Å². The summed E-state index contributed by atoms with van der Waals surface area (Å²) in [5.74, 6) is 3.30. The highest BCUT2D eigenvalue weighted by molar-refractivity contribution is 5.85. The molecule has 0 aliphatic carbocycles. The number of imidazole rings is 1. The normalized spacial score (nSPS) is 18.3. The number of halogens is 1. The lowest BCUT2D eigenvalue weighted by Gasteiger charge is -2.39. The Morgan fingerprint density at radius 2 is 1.36 bits per heavy atom. The summed E-state index contributed by atoms with van der Waals surface area (Å²) in [5.41, 5.74) is 2.75. The Morgan fingerprint density at radius 1 is 0.714 bits per heavy atom. The zero-order valence-electron chi connectivity index (χ0n) is 32.8. The highest BCUT2D eigenvalue weighted by atomic mass is 19.1. The standard InChI is InChI=1S/C44H51FN4O7/c1-52-36-15-12-31(24-37(36)53-2)27-43(17-23-48(42(43)50)28-32-25-38(54-3)40(56-5)39(26-32)55-4)16-20-47-21-18-44(51,19-22-47)41-46-34-8-6-7-9-35(34)49(41)29-30-10-13-33(45)14-11-30/h6-15,24-26,51H,16-23,27-29H2,1-5H3. The van der Waals surface area contributed by atoms with Crippen molar-refractivity contribution in [2.45, 2.75) is 50.8 Å². The van der Waals surface area contributed by atoms with Gasteiger partial charge in [0.2, 0.25) is 11.7 Å². The minimum absolute atomic E-state index is 0.101. The van der Waals surface area contributed by atoms with Crippen molar-refractivity contribution < 1.29 is 38.0 Å². The fourth-order valence-corrected chi connectivity index (χ4v) is 8.46. The second kappa shape index (κ2) is 16.4. The number of hydrogen-bond donors (Lipinski definition) is 1. The summed E-state index contributed by atoms with van der Waals surface area (Å²) in [4.78, 5) is 23.9. The lowest BCUT2D eigenvalue weighted by atomic mass is 9.76. The molecule has 5 aromatic rings. The number of amides is 1.